The lowest BCUT2D eigenvalue weighted by Crippen LogP contribution is -2.52. The smallest absolute Gasteiger partial charge is 0.325 e. The molecule has 0 bridgehead atoms. The lowest BCUT2D eigenvalue weighted by Gasteiger charge is -2.39. The van der Waals surface area contributed by atoms with Crippen LogP contribution in [-0.4, -0.2) is 41.5 Å². The molecule has 18 heavy (non-hydrogen) atoms. The Morgan fingerprint density at radius 2 is 2.00 bits per heavy atom. The SMILES string of the molecule is CCOC(=O)CN(C(=O)CC1(N)CCC1)C(C)C. The Kier molecular flexibility index (Phi) is 5.14. The fraction of sp³-hybridized carbons (Fsp3) is 0.846. The van der Waals surface area contributed by atoms with Crippen LogP contribution in [0.1, 0.15) is 46.5 Å². The predicted octanol–water partition coefficient (Wildman–Crippen LogP) is 1.06. The van der Waals surface area contributed by atoms with Crippen molar-refractivity contribution in [1.82, 2.24) is 4.90 Å². The van der Waals surface area contributed by atoms with Gasteiger partial charge in [-0.3, -0.25) is 9.59 Å². The summed E-state index contributed by atoms with van der Waals surface area (Å²) in [6.07, 6.45) is 3.20. The van der Waals surface area contributed by atoms with Gasteiger partial charge in [0.25, 0.3) is 0 Å². The second-order valence-electron chi connectivity index (χ2n) is 5.31. The van der Waals surface area contributed by atoms with Gasteiger partial charge in [0.05, 0.1) is 6.61 Å². The maximum Gasteiger partial charge on any atom is 0.325 e. The van der Waals surface area contributed by atoms with Crippen molar-refractivity contribution in [3.8, 4) is 0 Å². The summed E-state index contributed by atoms with van der Waals surface area (Å²) in [6.45, 7) is 5.88. The van der Waals surface area contributed by atoms with Gasteiger partial charge in [0, 0.05) is 18.0 Å². The van der Waals surface area contributed by atoms with Crippen LogP contribution in [0.3, 0.4) is 0 Å². The van der Waals surface area contributed by atoms with Crippen molar-refractivity contribution in [1.29, 1.82) is 0 Å². The molecule has 1 aliphatic rings. The van der Waals surface area contributed by atoms with Crippen LogP contribution in [0.25, 0.3) is 0 Å². The maximum atomic E-state index is 12.2. The Hall–Kier alpha value is -1.10. The van der Waals surface area contributed by atoms with Gasteiger partial charge < -0.3 is 15.4 Å². The van der Waals surface area contributed by atoms with Gasteiger partial charge >= 0.3 is 5.97 Å². The normalized spacial score (nSPS) is 17.2. The fourth-order valence-corrected chi connectivity index (χ4v) is 2.11. The highest BCUT2D eigenvalue weighted by atomic mass is 16.5. The zero-order valence-corrected chi connectivity index (χ0v) is 11.6. The Morgan fingerprint density at radius 1 is 1.39 bits per heavy atom. The van der Waals surface area contributed by atoms with E-state index in [2.05, 4.69) is 0 Å². The van der Waals surface area contributed by atoms with Crippen molar-refractivity contribution < 1.29 is 14.3 Å². The summed E-state index contributed by atoms with van der Waals surface area (Å²) in [5.41, 5.74) is 5.72. The van der Waals surface area contributed by atoms with E-state index in [1.807, 2.05) is 13.8 Å². The molecule has 0 unspecified atom stereocenters. The third-order valence-electron chi connectivity index (χ3n) is 3.40. The van der Waals surface area contributed by atoms with Crippen molar-refractivity contribution in [2.45, 2.75) is 58.0 Å². The predicted molar refractivity (Wildman–Crippen MR) is 68.9 cm³/mol. The molecule has 5 nitrogen and oxygen atoms in total. The molecule has 0 aromatic heterocycles. The number of carbonyl (C=O) groups is 2. The Bertz CT molecular complexity index is 311. The molecule has 1 amide bonds. The van der Waals surface area contributed by atoms with Crippen LogP contribution in [0.15, 0.2) is 0 Å². The number of ether oxygens (including phenoxy) is 1. The van der Waals surface area contributed by atoms with E-state index in [0.29, 0.717) is 13.0 Å². The van der Waals surface area contributed by atoms with Gasteiger partial charge in [-0.05, 0) is 40.0 Å². The minimum atomic E-state index is -0.362. The molecular formula is C13H24N2O3. The van der Waals surface area contributed by atoms with E-state index in [9.17, 15) is 9.59 Å². The average molecular weight is 256 g/mol. The number of nitrogens with two attached hydrogens (primary N) is 1. The van der Waals surface area contributed by atoms with E-state index in [1.165, 1.54) is 0 Å². The van der Waals surface area contributed by atoms with Crippen molar-refractivity contribution in [3.05, 3.63) is 0 Å². The first kappa shape index (κ1) is 15.0. The van der Waals surface area contributed by atoms with Crippen molar-refractivity contribution in [2.24, 2.45) is 5.73 Å². The summed E-state index contributed by atoms with van der Waals surface area (Å²) in [5.74, 6) is -0.417. The van der Waals surface area contributed by atoms with Crippen molar-refractivity contribution in [2.75, 3.05) is 13.2 Å². The van der Waals surface area contributed by atoms with Crippen LogP contribution >= 0.6 is 0 Å². The Balaban J connectivity index is 2.55. The molecule has 1 aliphatic carbocycles. The van der Waals surface area contributed by atoms with Gasteiger partial charge in [-0.15, -0.1) is 0 Å². The van der Waals surface area contributed by atoms with E-state index in [1.54, 1.807) is 11.8 Å². The third kappa shape index (κ3) is 3.98. The van der Waals surface area contributed by atoms with E-state index < -0.39 is 0 Å². The molecule has 0 aliphatic heterocycles. The molecule has 0 aromatic rings. The second kappa shape index (κ2) is 6.18. The van der Waals surface area contributed by atoms with Crippen LogP contribution in [-0.2, 0) is 14.3 Å². The van der Waals surface area contributed by atoms with Crippen molar-refractivity contribution in [3.63, 3.8) is 0 Å². The molecule has 0 heterocycles. The van der Waals surface area contributed by atoms with Crippen molar-refractivity contribution >= 4 is 11.9 Å². The quantitative estimate of drug-likeness (QED) is 0.721. The molecule has 1 saturated carbocycles. The van der Waals surface area contributed by atoms with Crippen LogP contribution in [0.4, 0.5) is 0 Å². The standard InChI is InChI=1S/C13H24N2O3/c1-4-18-12(17)9-15(10(2)3)11(16)8-13(14)6-5-7-13/h10H,4-9,14H2,1-3H3. The average Bonchev–Trinajstić information content (AvgIpc) is 2.23. The highest BCUT2D eigenvalue weighted by molar-refractivity contribution is 5.83. The monoisotopic (exact) mass is 256 g/mol. The molecule has 0 aromatic carbocycles. The summed E-state index contributed by atoms with van der Waals surface area (Å²) in [6, 6.07) is -0.0226. The Labute approximate surface area is 109 Å². The molecule has 2 N–H and O–H groups in total. The first-order valence-corrected chi connectivity index (χ1v) is 6.62. The van der Waals surface area contributed by atoms with E-state index >= 15 is 0 Å². The van der Waals surface area contributed by atoms with Crippen LogP contribution in [0.5, 0.6) is 0 Å². The van der Waals surface area contributed by atoms with Gasteiger partial charge in [0.15, 0.2) is 0 Å². The summed E-state index contributed by atoms with van der Waals surface area (Å²) in [7, 11) is 0. The zero-order chi connectivity index (χ0) is 13.8. The second-order valence-corrected chi connectivity index (χ2v) is 5.31. The first-order valence-electron chi connectivity index (χ1n) is 6.62. The molecule has 5 heteroatoms. The molecule has 0 atom stereocenters. The number of hydrogen-bond acceptors (Lipinski definition) is 4. The molecule has 104 valence electrons. The first-order chi connectivity index (χ1) is 8.38. The van der Waals surface area contributed by atoms with Crippen LogP contribution in [0.2, 0.25) is 0 Å². The van der Waals surface area contributed by atoms with E-state index in [4.69, 9.17) is 10.5 Å². The lowest BCUT2D eigenvalue weighted by molar-refractivity contribution is -0.150. The summed E-state index contributed by atoms with van der Waals surface area (Å²) in [4.78, 5) is 25.2. The third-order valence-corrected chi connectivity index (χ3v) is 3.40. The molecule has 0 spiro atoms. The number of hydrogen-bond donors (Lipinski definition) is 1. The number of esters is 1. The van der Waals surface area contributed by atoms with E-state index in [-0.39, 0.29) is 30.0 Å². The van der Waals surface area contributed by atoms with Gasteiger partial charge in [-0.25, -0.2) is 0 Å². The number of rotatable bonds is 6. The topological polar surface area (TPSA) is 72.6 Å². The minimum absolute atomic E-state index is 0.0143. The van der Waals surface area contributed by atoms with Gasteiger partial charge in [-0.2, -0.15) is 0 Å². The highest BCUT2D eigenvalue weighted by Crippen LogP contribution is 2.32. The van der Waals surface area contributed by atoms with Gasteiger partial charge in [0.1, 0.15) is 6.54 Å². The number of carbonyl (C=O) groups excluding carboxylic acids is 2. The summed E-state index contributed by atoms with van der Waals surface area (Å²) in [5, 5.41) is 0. The van der Waals surface area contributed by atoms with Gasteiger partial charge in [0.2, 0.25) is 5.91 Å². The van der Waals surface area contributed by atoms with Crippen LogP contribution in [0, 0.1) is 0 Å². The largest absolute Gasteiger partial charge is 0.465 e. The molecule has 1 rings (SSSR count). The lowest BCUT2D eigenvalue weighted by atomic mass is 9.75. The molecular weight excluding hydrogens is 232 g/mol. The number of nitrogens with zero attached hydrogens (tertiary/aromatic N) is 1. The van der Waals surface area contributed by atoms with Crippen LogP contribution < -0.4 is 5.73 Å². The van der Waals surface area contributed by atoms with Gasteiger partial charge in [-0.1, -0.05) is 0 Å². The molecule has 0 radical (unpaired) electrons. The molecule has 0 saturated heterocycles. The Morgan fingerprint density at radius 3 is 2.39 bits per heavy atom. The minimum Gasteiger partial charge on any atom is -0.465 e. The zero-order valence-electron chi connectivity index (χ0n) is 11.6. The summed E-state index contributed by atoms with van der Waals surface area (Å²) >= 11 is 0. The molecule has 1 fully saturated rings. The number of amides is 1. The van der Waals surface area contributed by atoms with E-state index in [0.717, 1.165) is 19.3 Å². The summed E-state index contributed by atoms with van der Waals surface area (Å²) < 4.78 is 4.88. The fourth-order valence-electron chi connectivity index (χ4n) is 2.11. The maximum absolute atomic E-state index is 12.2. The highest BCUT2D eigenvalue weighted by Gasteiger charge is 2.36.